The van der Waals surface area contributed by atoms with E-state index in [1.54, 1.807) is 17.0 Å². The van der Waals surface area contributed by atoms with Gasteiger partial charge in [-0.2, -0.15) is 0 Å². The first-order valence-electron chi connectivity index (χ1n) is 10.9. The number of hydrogen-bond acceptors (Lipinski definition) is 3. The van der Waals surface area contributed by atoms with Crippen LogP contribution in [0.15, 0.2) is 71.5 Å². The fourth-order valence-electron chi connectivity index (χ4n) is 5.15. The number of nitrogens with zero attached hydrogens (tertiary/aromatic N) is 1. The van der Waals surface area contributed by atoms with Gasteiger partial charge in [0.2, 0.25) is 5.91 Å². The van der Waals surface area contributed by atoms with E-state index in [9.17, 15) is 14.4 Å². The van der Waals surface area contributed by atoms with Gasteiger partial charge >= 0.3 is 0 Å². The number of rotatable bonds is 3. The number of amides is 2. The second-order valence-electron chi connectivity index (χ2n) is 8.84. The van der Waals surface area contributed by atoms with Crippen LogP contribution in [0.2, 0.25) is 0 Å². The number of carbonyl (C=O) groups excluding carboxylic acids is 2. The van der Waals surface area contributed by atoms with E-state index in [-0.39, 0.29) is 23.3 Å². The number of likely N-dealkylation sites (tertiary alicyclic amines) is 1. The molecular formula is C26H25N3O3. The maximum Gasteiger partial charge on any atom is 0.261 e. The molecule has 2 aromatic carbocycles. The van der Waals surface area contributed by atoms with Crippen LogP contribution >= 0.6 is 0 Å². The van der Waals surface area contributed by atoms with Gasteiger partial charge in [-0.25, -0.2) is 0 Å². The van der Waals surface area contributed by atoms with Crippen molar-refractivity contribution in [1.29, 1.82) is 0 Å². The Morgan fingerprint density at radius 3 is 2.44 bits per heavy atom. The van der Waals surface area contributed by atoms with Gasteiger partial charge in [0.25, 0.3) is 11.5 Å². The van der Waals surface area contributed by atoms with Crippen LogP contribution in [0.3, 0.4) is 0 Å². The van der Waals surface area contributed by atoms with Gasteiger partial charge in [0.05, 0.1) is 6.04 Å². The summed E-state index contributed by atoms with van der Waals surface area (Å²) in [4.78, 5) is 44.4. The quantitative estimate of drug-likeness (QED) is 0.663. The van der Waals surface area contributed by atoms with E-state index in [1.807, 2.05) is 68.4 Å². The summed E-state index contributed by atoms with van der Waals surface area (Å²) in [5.41, 5.74) is 2.15. The van der Waals surface area contributed by atoms with Crippen molar-refractivity contribution in [3.8, 4) is 0 Å². The Morgan fingerprint density at radius 2 is 1.72 bits per heavy atom. The first-order valence-corrected chi connectivity index (χ1v) is 10.9. The normalized spacial score (nSPS) is 21.8. The predicted octanol–water partition coefficient (Wildman–Crippen LogP) is 3.98. The zero-order valence-electron chi connectivity index (χ0n) is 18.1. The van der Waals surface area contributed by atoms with Crippen molar-refractivity contribution < 1.29 is 9.59 Å². The number of nitrogens with one attached hydrogen (secondary N) is 2. The van der Waals surface area contributed by atoms with E-state index in [4.69, 9.17) is 0 Å². The monoisotopic (exact) mass is 427 g/mol. The van der Waals surface area contributed by atoms with E-state index < -0.39 is 17.0 Å². The minimum absolute atomic E-state index is 0.0964. The van der Waals surface area contributed by atoms with Crippen LogP contribution in [-0.4, -0.2) is 28.2 Å². The zero-order valence-corrected chi connectivity index (χ0v) is 18.1. The maximum absolute atomic E-state index is 13.7. The smallest absolute Gasteiger partial charge is 0.261 e. The Hall–Kier alpha value is -3.67. The second-order valence-corrected chi connectivity index (χ2v) is 8.84. The molecule has 0 bridgehead atoms. The molecule has 1 spiro atoms. The minimum Gasteiger partial charge on any atom is -0.330 e. The van der Waals surface area contributed by atoms with Gasteiger partial charge < -0.3 is 15.2 Å². The molecule has 2 atom stereocenters. The predicted molar refractivity (Wildman–Crippen MR) is 123 cm³/mol. The SMILES string of the molecule is CC(C)c1ccc(C(=O)N2CCC3(C(=O)Nc4ccccc43)C2c2ccccc2)c(=O)[nH]1. The molecule has 2 N–H and O–H groups in total. The molecule has 6 nitrogen and oxygen atoms in total. The second kappa shape index (κ2) is 7.48. The lowest BCUT2D eigenvalue weighted by Gasteiger charge is -2.34. The van der Waals surface area contributed by atoms with Gasteiger partial charge in [-0.15, -0.1) is 0 Å². The van der Waals surface area contributed by atoms with Crippen LogP contribution in [0, 0.1) is 0 Å². The highest BCUT2D eigenvalue weighted by Gasteiger charge is 2.59. The third kappa shape index (κ3) is 2.90. The van der Waals surface area contributed by atoms with Crippen molar-refractivity contribution in [3.63, 3.8) is 0 Å². The molecule has 0 saturated carbocycles. The van der Waals surface area contributed by atoms with Crippen LogP contribution in [0.25, 0.3) is 0 Å². The molecule has 3 aromatic rings. The fraction of sp³-hybridized carbons (Fsp3) is 0.269. The molecular weight excluding hydrogens is 402 g/mol. The topological polar surface area (TPSA) is 82.3 Å². The number of fused-ring (bicyclic) bond motifs is 2. The van der Waals surface area contributed by atoms with E-state index in [2.05, 4.69) is 10.3 Å². The highest BCUT2D eigenvalue weighted by Crippen LogP contribution is 2.54. The lowest BCUT2D eigenvalue weighted by atomic mass is 9.72. The van der Waals surface area contributed by atoms with E-state index in [0.717, 1.165) is 22.5 Å². The summed E-state index contributed by atoms with van der Waals surface area (Å²) in [5, 5.41) is 3.02. The molecule has 32 heavy (non-hydrogen) atoms. The average molecular weight is 428 g/mol. The van der Waals surface area contributed by atoms with Gasteiger partial charge in [0.15, 0.2) is 0 Å². The largest absolute Gasteiger partial charge is 0.330 e. The molecule has 0 radical (unpaired) electrons. The molecule has 1 aromatic heterocycles. The highest BCUT2D eigenvalue weighted by atomic mass is 16.2. The molecule has 162 valence electrons. The van der Waals surface area contributed by atoms with Gasteiger partial charge in [-0.05, 0) is 41.7 Å². The van der Waals surface area contributed by atoms with Gasteiger partial charge in [0, 0.05) is 17.9 Å². The Kier molecular flexibility index (Phi) is 4.73. The lowest BCUT2D eigenvalue weighted by molar-refractivity contribution is -0.121. The summed E-state index contributed by atoms with van der Waals surface area (Å²) in [5.74, 6) is -0.311. The van der Waals surface area contributed by atoms with E-state index in [0.29, 0.717) is 13.0 Å². The van der Waals surface area contributed by atoms with Crippen molar-refractivity contribution >= 4 is 17.5 Å². The van der Waals surface area contributed by atoms with Crippen LogP contribution in [0.4, 0.5) is 5.69 Å². The van der Waals surface area contributed by atoms with Gasteiger partial charge in [0.1, 0.15) is 11.0 Å². The Morgan fingerprint density at radius 1 is 1.00 bits per heavy atom. The van der Waals surface area contributed by atoms with Gasteiger partial charge in [-0.1, -0.05) is 62.4 Å². The number of benzene rings is 2. The summed E-state index contributed by atoms with van der Waals surface area (Å²) in [7, 11) is 0. The fourth-order valence-corrected chi connectivity index (χ4v) is 5.15. The van der Waals surface area contributed by atoms with Crippen molar-refractivity contribution in [1.82, 2.24) is 9.88 Å². The standard InChI is InChI=1S/C26H25N3O3/c1-16(2)20-13-12-18(23(30)27-20)24(31)29-15-14-26(22(29)17-8-4-3-5-9-17)19-10-6-7-11-21(19)28-25(26)32/h3-13,16,22H,14-15H2,1-2H3,(H,27,30)(H,28,32). The minimum atomic E-state index is -0.891. The summed E-state index contributed by atoms with van der Waals surface area (Å²) in [6.45, 7) is 4.35. The molecule has 1 fully saturated rings. The van der Waals surface area contributed by atoms with Crippen molar-refractivity contribution in [2.45, 2.75) is 37.6 Å². The molecule has 6 heteroatoms. The highest BCUT2D eigenvalue weighted by molar-refractivity contribution is 6.08. The molecule has 2 unspecified atom stereocenters. The van der Waals surface area contributed by atoms with Gasteiger partial charge in [-0.3, -0.25) is 14.4 Å². The van der Waals surface area contributed by atoms with E-state index in [1.165, 1.54) is 0 Å². The number of pyridine rings is 1. The van der Waals surface area contributed by atoms with Crippen LogP contribution in [0.5, 0.6) is 0 Å². The summed E-state index contributed by atoms with van der Waals surface area (Å²) >= 11 is 0. The molecule has 1 saturated heterocycles. The third-order valence-electron chi connectivity index (χ3n) is 6.75. The summed E-state index contributed by atoms with van der Waals surface area (Å²) in [6.07, 6.45) is 0.489. The molecule has 2 aliphatic rings. The first kappa shape index (κ1) is 20.2. The number of anilines is 1. The van der Waals surface area contributed by atoms with Crippen LogP contribution < -0.4 is 10.9 Å². The Bertz CT molecular complexity index is 1260. The van der Waals surface area contributed by atoms with Crippen LogP contribution in [0.1, 0.15) is 59.4 Å². The number of aromatic amines is 1. The number of H-pyrrole nitrogens is 1. The number of carbonyl (C=O) groups is 2. The number of hydrogen-bond donors (Lipinski definition) is 2. The lowest BCUT2D eigenvalue weighted by Crippen LogP contribution is -2.43. The van der Waals surface area contributed by atoms with E-state index >= 15 is 0 Å². The molecule has 2 aliphatic heterocycles. The molecule has 3 heterocycles. The molecule has 2 amide bonds. The Labute approximate surface area is 186 Å². The van der Waals surface area contributed by atoms with Crippen LogP contribution in [-0.2, 0) is 10.2 Å². The zero-order chi connectivity index (χ0) is 22.5. The molecule has 0 aliphatic carbocycles. The van der Waals surface area contributed by atoms with Crippen molar-refractivity contribution in [2.24, 2.45) is 0 Å². The number of aromatic nitrogens is 1. The number of para-hydroxylation sites is 1. The average Bonchev–Trinajstić information content (AvgIpc) is 3.33. The molecule has 5 rings (SSSR count). The Balaban J connectivity index is 1.64. The first-order chi connectivity index (χ1) is 15.4. The maximum atomic E-state index is 13.7. The summed E-state index contributed by atoms with van der Waals surface area (Å²) < 4.78 is 0. The van der Waals surface area contributed by atoms with Crippen molar-refractivity contribution in [3.05, 3.63) is 99.5 Å². The third-order valence-corrected chi connectivity index (χ3v) is 6.75. The van der Waals surface area contributed by atoms with Crippen molar-refractivity contribution in [2.75, 3.05) is 11.9 Å². The summed E-state index contributed by atoms with van der Waals surface area (Å²) in [6, 6.07) is 20.2.